The summed E-state index contributed by atoms with van der Waals surface area (Å²) in [4.78, 5) is 2.23. The molecular formula is C19H26N2. The van der Waals surface area contributed by atoms with Gasteiger partial charge in [0.25, 0.3) is 0 Å². The number of nitrogens with zero attached hydrogens (tertiary/aromatic N) is 1. The van der Waals surface area contributed by atoms with E-state index in [1.54, 1.807) is 0 Å². The SMILES string of the molecule is Cc1ccc(N(C)c2ccc(CNC(C)C)c(C)c2)cc1. The number of hydrogen-bond donors (Lipinski definition) is 1. The van der Waals surface area contributed by atoms with Crippen LogP contribution in [0, 0.1) is 13.8 Å². The maximum absolute atomic E-state index is 3.48. The van der Waals surface area contributed by atoms with E-state index in [4.69, 9.17) is 0 Å². The predicted molar refractivity (Wildman–Crippen MR) is 92.4 cm³/mol. The lowest BCUT2D eigenvalue weighted by Gasteiger charge is -2.21. The predicted octanol–water partition coefficient (Wildman–Crippen LogP) is 4.57. The Morgan fingerprint density at radius 1 is 0.952 bits per heavy atom. The smallest absolute Gasteiger partial charge is 0.0410 e. The minimum Gasteiger partial charge on any atom is -0.345 e. The lowest BCUT2D eigenvalue weighted by molar-refractivity contribution is 0.587. The molecular weight excluding hydrogens is 256 g/mol. The van der Waals surface area contributed by atoms with Crippen molar-refractivity contribution >= 4 is 11.4 Å². The van der Waals surface area contributed by atoms with Crippen LogP contribution in [0.2, 0.25) is 0 Å². The lowest BCUT2D eigenvalue weighted by Crippen LogP contribution is -2.22. The van der Waals surface area contributed by atoms with Crippen LogP contribution in [-0.2, 0) is 6.54 Å². The third-order valence-corrected chi connectivity index (χ3v) is 3.84. The highest BCUT2D eigenvalue weighted by molar-refractivity contribution is 5.63. The number of nitrogens with one attached hydrogen (secondary N) is 1. The first-order valence-corrected chi connectivity index (χ1v) is 7.60. The van der Waals surface area contributed by atoms with Crippen LogP contribution in [0.4, 0.5) is 11.4 Å². The highest BCUT2D eigenvalue weighted by Crippen LogP contribution is 2.25. The van der Waals surface area contributed by atoms with Crippen LogP contribution in [0.3, 0.4) is 0 Å². The van der Waals surface area contributed by atoms with Crippen LogP contribution in [0.25, 0.3) is 0 Å². The van der Waals surface area contributed by atoms with Gasteiger partial charge in [-0.15, -0.1) is 0 Å². The van der Waals surface area contributed by atoms with Crippen LogP contribution in [0.1, 0.15) is 30.5 Å². The van der Waals surface area contributed by atoms with Gasteiger partial charge in [-0.1, -0.05) is 37.6 Å². The highest BCUT2D eigenvalue weighted by atomic mass is 15.1. The summed E-state index contributed by atoms with van der Waals surface area (Å²) in [6.45, 7) is 9.58. The molecule has 2 aromatic rings. The van der Waals surface area contributed by atoms with Crippen molar-refractivity contribution in [3.05, 3.63) is 59.2 Å². The van der Waals surface area contributed by atoms with Gasteiger partial charge in [0.1, 0.15) is 0 Å². The zero-order valence-corrected chi connectivity index (χ0v) is 13.8. The molecule has 2 aromatic carbocycles. The maximum atomic E-state index is 3.48. The Balaban J connectivity index is 2.17. The molecule has 0 aliphatic carbocycles. The molecule has 2 heteroatoms. The molecule has 21 heavy (non-hydrogen) atoms. The number of aryl methyl sites for hydroxylation is 2. The highest BCUT2D eigenvalue weighted by Gasteiger charge is 2.06. The van der Waals surface area contributed by atoms with Gasteiger partial charge in [-0.05, 0) is 49.2 Å². The first-order valence-electron chi connectivity index (χ1n) is 7.60. The van der Waals surface area contributed by atoms with Gasteiger partial charge in [0, 0.05) is 31.0 Å². The van der Waals surface area contributed by atoms with Crippen LogP contribution in [-0.4, -0.2) is 13.1 Å². The van der Waals surface area contributed by atoms with Crippen molar-refractivity contribution in [2.75, 3.05) is 11.9 Å². The van der Waals surface area contributed by atoms with E-state index in [1.165, 1.54) is 28.1 Å². The van der Waals surface area contributed by atoms with Gasteiger partial charge in [0.05, 0.1) is 0 Å². The van der Waals surface area contributed by atoms with Crippen molar-refractivity contribution in [1.29, 1.82) is 0 Å². The van der Waals surface area contributed by atoms with Gasteiger partial charge in [-0.25, -0.2) is 0 Å². The van der Waals surface area contributed by atoms with E-state index < -0.39 is 0 Å². The molecule has 112 valence electrons. The lowest BCUT2D eigenvalue weighted by atomic mass is 10.1. The zero-order valence-electron chi connectivity index (χ0n) is 13.8. The fourth-order valence-corrected chi connectivity index (χ4v) is 2.32. The monoisotopic (exact) mass is 282 g/mol. The van der Waals surface area contributed by atoms with Gasteiger partial charge < -0.3 is 10.2 Å². The van der Waals surface area contributed by atoms with E-state index in [0.717, 1.165) is 6.54 Å². The largest absolute Gasteiger partial charge is 0.345 e. The Morgan fingerprint density at radius 3 is 2.14 bits per heavy atom. The van der Waals surface area contributed by atoms with E-state index in [2.05, 4.69) is 87.4 Å². The fraction of sp³-hybridized carbons (Fsp3) is 0.368. The van der Waals surface area contributed by atoms with Crippen molar-refractivity contribution in [2.45, 2.75) is 40.3 Å². The molecule has 0 spiro atoms. The number of hydrogen-bond acceptors (Lipinski definition) is 2. The molecule has 1 N–H and O–H groups in total. The first-order chi connectivity index (χ1) is 9.97. The summed E-state index contributed by atoms with van der Waals surface area (Å²) in [5.41, 5.74) is 6.43. The minimum atomic E-state index is 0.513. The first kappa shape index (κ1) is 15.6. The molecule has 0 bridgehead atoms. The van der Waals surface area contributed by atoms with Crippen molar-refractivity contribution in [1.82, 2.24) is 5.32 Å². The quantitative estimate of drug-likeness (QED) is 0.864. The number of benzene rings is 2. The molecule has 0 unspecified atom stereocenters. The Hall–Kier alpha value is -1.80. The second-order valence-electron chi connectivity index (χ2n) is 6.04. The van der Waals surface area contributed by atoms with Gasteiger partial charge in [-0.2, -0.15) is 0 Å². The van der Waals surface area contributed by atoms with Crippen LogP contribution < -0.4 is 10.2 Å². The summed E-state index contributed by atoms with van der Waals surface area (Å²) in [6.07, 6.45) is 0. The normalized spacial score (nSPS) is 11.0. The molecule has 0 radical (unpaired) electrons. The van der Waals surface area contributed by atoms with Gasteiger partial charge in [-0.3, -0.25) is 0 Å². The third kappa shape index (κ3) is 4.08. The van der Waals surface area contributed by atoms with Crippen LogP contribution in [0.15, 0.2) is 42.5 Å². The molecule has 0 saturated heterocycles. The van der Waals surface area contributed by atoms with Gasteiger partial charge in [0.15, 0.2) is 0 Å². The van der Waals surface area contributed by atoms with E-state index in [1.807, 2.05) is 0 Å². The molecule has 0 aliphatic rings. The van der Waals surface area contributed by atoms with Crippen LogP contribution >= 0.6 is 0 Å². The topological polar surface area (TPSA) is 15.3 Å². The number of anilines is 2. The molecule has 2 rings (SSSR count). The Bertz CT molecular complexity index is 585. The average molecular weight is 282 g/mol. The standard InChI is InChI=1S/C19H26N2/c1-14(2)20-13-17-8-11-19(12-16(17)4)21(5)18-9-6-15(3)7-10-18/h6-12,14,20H,13H2,1-5H3. The van der Waals surface area contributed by atoms with Crippen molar-refractivity contribution in [2.24, 2.45) is 0 Å². The molecule has 2 nitrogen and oxygen atoms in total. The van der Waals surface area contributed by atoms with E-state index in [-0.39, 0.29) is 0 Å². The Morgan fingerprint density at radius 2 is 1.57 bits per heavy atom. The van der Waals surface area contributed by atoms with Crippen LogP contribution in [0.5, 0.6) is 0 Å². The molecule has 0 atom stereocenters. The summed E-state index contributed by atoms with van der Waals surface area (Å²) >= 11 is 0. The fourth-order valence-electron chi connectivity index (χ4n) is 2.32. The van der Waals surface area contributed by atoms with E-state index in [0.29, 0.717) is 6.04 Å². The summed E-state index contributed by atoms with van der Waals surface area (Å²) in [5, 5.41) is 3.48. The van der Waals surface area contributed by atoms with E-state index in [9.17, 15) is 0 Å². The second kappa shape index (κ2) is 6.77. The Labute approximate surface area is 128 Å². The number of rotatable bonds is 5. The summed E-state index contributed by atoms with van der Waals surface area (Å²) < 4.78 is 0. The van der Waals surface area contributed by atoms with Gasteiger partial charge in [0.2, 0.25) is 0 Å². The maximum Gasteiger partial charge on any atom is 0.0410 e. The molecule has 0 saturated carbocycles. The summed E-state index contributed by atoms with van der Waals surface area (Å²) in [6, 6.07) is 15.8. The van der Waals surface area contributed by atoms with E-state index >= 15 is 0 Å². The Kier molecular flexibility index (Phi) is 5.03. The zero-order chi connectivity index (χ0) is 15.4. The molecule has 0 aliphatic heterocycles. The minimum absolute atomic E-state index is 0.513. The van der Waals surface area contributed by atoms with Gasteiger partial charge >= 0.3 is 0 Å². The second-order valence-corrected chi connectivity index (χ2v) is 6.04. The molecule has 0 amide bonds. The molecule has 0 fully saturated rings. The third-order valence-electron chi connectivity index (χ3n) is 3.84. The summed E-state index contributed by atoms with van der Waals surface area (Å²) in [5.74, 6) is 0. The molecule has 0 aromatic heterocycles. The van der Waals surface area contributed by atoms with Crippen molar-refractivity contribution < 1.29 is 0 Å². The molecule has 0 heterocycles. The van der Waals surface area contributed by atoms with Crippen molar-refractivity contribution in [3.63, 3.8) is 0 Å². The average Bonchev–Trinajstić information content (AvgIpc) is 2.46. The summed E-state index contributed by atoms with van der Waals surface area (Å²) in [7, 11) is 2.12. The van der Waals surface area contributed by atoms with Crippen molar-refractivity contribution in [3.8, 4) is 0 Å².